The lowest BCUT2D eigenvalue weighted by molar-refractivity contribution is -0.0205. The van der Waals surface area contributed by atoms with Crippen molar-refractivity contribution in [2.75, 3.05) is 32.1 Å². The second kappa shape index (κ2) is 7.49. The first-order chi connectivity index (χ1) is 13.8. The first-order valence-electron chi connectivity index (χ1n) is 10.8. The molecule has 2 aromatic rings. The number of hydrogen-bond donors (Lipinski definition) is 1. The molecule has 4 heteroatoms. The van der Waals surface area contributed by atoms with Crippen LogP contribution >= 0.6 is 0 Å². The molecular formula is C24H31N3O. The third-order valence-electron chi connectivity index (χ3n) is 7.48. The molecule has 3 atom stereocenters. The van der Waals surface area contributed by atoms with E-state index >= 15 is 0 Å². The van der Waals surface area contributed by atoms with Crippen molar-refractivity contribution in [2.45, 2.75) is 50.0 Å². The number of aromatic nitrogens is 1. The first-order valence-corrected chi connectivity index (χ1v) is 10.8. The monoisotopic (exact) mass is 377 g/mol. The van der Waals surface area contributed by atoms with Crippen molar-refractivity contribution in [3.8, 4) is 0 Å². The van der Waals surface area contributed by atoms with Gasteiger partial charge in [-0.1, -0.05) is 18.9 Å². The van der Waals surface area contributed by atoms with Gasteiger partial charge in [0, 0.05) is 37.0 Å². The number of likely N-dealkylation sites (tertiary alicyclic amines) is 1. The molecule has 2 heterocycles. The van der Waals surface area contributed by atoms with Gasteiger partial charge in [0.15, 0.2) is 0 Å². The van der Waals surface area contributed by atoms with Crippen LogP contribution in [-0.2, 0) is 16.6 Å². The zero-order valence-electron chi connectivity index (χ0n) is 16.9. The number of piperidine rings is 1. The molecule has 148 valence electrons. The molecule has 3 aliphatic rings. The minimum Gasteiger partial charge on any atom is -0.383 e. The molecular weight excluding hydrogens is 346 g/mol. The number of nitrogens with zero attached hydrogens (tertiary/aromatic N) is 2. The molecule has 0 unspecified atom stereocenters. The van der Waals surface area contributed by atoms with Crippen LogP contribution in [0.15, 0.2) is 42.7 Å². The van der Waals surface area contributed by atoms with Crippen LogP contribution in [0.1, 0.15) is 43.2 Å². The summed E-state index contributed by atoms with van der Waals surface area (Å²) in [5.41, 5.74) is 5.84. The fourth-order valence-corrected chi connectivity index (χ4v) is 6.25. The zero-order chi connectivity index (χ0) is 19.0. The second-order valence-electron chi connectivity index (χ2n) is 8.80. The number of benzene rings is 1. The summed E-state index contributed by atoms with van der Waals surface area (Å²) in [6.45, 7) is 3.13. The lowest BCUT2D eigenvalue weighted by Gasteiger charge is -2.59. The number of anilines is 2. The van der Waals surface area contributed by atoms with Gasteiger partial charge in [0.25, 0.3) is 0 Å². The van der Waals surface area contributed by atoms with Crippen LogP contribution in [0.2, 0.25) is 0 Å². The summed E-state index contributed by atoms with van der Waals surface area (Å²) in [5, 5.41) is 3.57. The average molecular weight is 378 g/mol. The largest absolute Gasteiger partial charge is 0.383 e. The lowest BCUT2D eigenvalue weighted by atomic mass is 9.52. The van der Waals surface area contributed by atoms with E-state index in [1.165, 1.54) is 50.8 Å². The molecule has 2 aliphatic carbocycles. The molecule has 5 rings (SSSR count). The van der Waals surface area contributed by atoms with E-state index in [0.717, 1.165) is 24.8 Å². The molecule has 4 nitrogen and oxygen atoms in total. The van der Waals surface area contributed by atoms with E-state index in [1.54, 1.807) is 11.1 Å². The quantitative estimate of drug-likeness (QED) is 0.831. The van der Waals surface area contributed by atoms with Gasteiger partial charge in [0.2, 0.25) is 0 Å². The van der Waals surface area contributed by atoms with Gasteiger partial charge in [-0.3, -0.25) is 9.88 Å². The molecule has 0 spiro atoms. The van der Waals surface area contributed by atoms with Crippen LogP contribution in [0.25, 0.3) is 0 Å². The third-order valence-corrected chi connectivity index (χ3v) is 7.48. The van der Waals surface area contributed by atoms with E-state index in [0.29, 0.717) is 11.5 Å². The number of rotatable bonds is 5. The molecule has 1 saturated carbocycles. The van der Waals surface area contributed by atoms with Crippen molar-refractivity contribution in [1.29, 1.82) is 0 Å². The number of fused-ring (bicyclic) bond motifs is 1. The maximum absolute atomic E-state index is 5.40. The van der Waals surface area contributed by atoms with E-state index in [-0.39, 0.29) is 0 Å². The number of methoxy groups -OCH3 is 1. The average Bonchev–Trinajstić information content (AvgIpc) is 2.74. The summed E-state index contributed by atoms with van der Waals surface area (Å²) >= 11 is 0. The highest BCUT2D eigenvalue weighted by Gasteiger charge is 2.53. The number of hydrogen-bond acceptors (Lipinski definition) is 4. The smallest absolute Gasteiger partial charge is 0.0589 e. The number of nitrogens with one attached hydrogen (secondary N) is 1. The summed E-state index contributed by atoms with van der Waals surface area (Å²) < 4.78 is 5.40. The highest BCUT2D eigenvalue weighted by atomic mass is 16.5. The Bertz CT molecular complexity index is 824. The molecule has 1 aromatic carbocycles. The summed E-state index contributed by atoms with van der Waals surface area (Å²) in [4.78, 5) is 6.96. The predicted octanol–water partition coefficient (Wildman–Crippen LogP) is 4.53. The van der Waals surface area contributed by atoms with Crippen LogP contribution in [0.3, 0.4) is 0 Å². The van der Waals surface area contributed by atoms with Crippen LogP contribution in [0, 0.1) is 5.92 Å². The van der Waals surface area contributed by atoms with E-state index in [4.69, 9.17) is 4.74 Å². The van der Waals surface area contributed by atoms with E-state index in [1.807, 2.05) is 25.6 Å². The molecule has 1 N–H and O–H groups in total. The van der Waals surface area contributed by atoms with Gasteiger partial charge in [0.05, 0.1) is 18.5 Å². The molecule has 1 saturated heterocycles. The Kier molecular flexibility index (Phi) is 4.85. The topological polar surface area (TPSA) is 37.4 Å². The van der Waals surface area contributed by atoms with Gasteiger partial charge in [-0.05, 0) is 73.5 Å². The normalized spacial score (nSPS) is 29.0. The fourth-order valence-electron chi connectivity index (χ4n) is 6.25. The maximum atomic E-state index is 5.40. The lowest BCUT2D eigenvalue weighted by Crippen LogP contribution is -2.61. The van der Waals surface area contributed by atoms with E-state index < -0.39 is 0 Å². The molecule has 2 fully saturated rings. The Morgan fingerprint density at radius 1 is 1.21 bits per heavy atom. The Morgan fingerprint density at radius 3 is 3.04 bits per heavy atom. The van der Waals surface area contributed by atoms with Gasteiger partial charge in [-0.15, -0.1) is 0 Å². The van der Waals surface area contributed by atoms with Gasteiger partial charge in [-0.25, -0.2) is 0 Å². The van der Waals surface area contributed by atoms with Crippen molar-refractivity contribution in [1.82, 2.24) is 9.88 Å². The molecule has 2 bridgehead atoms. The van der Waals surface area contributed by atoms with Crippen LogP contribution < -0.4 is 5.32 Å². The SMILES string of the molecule is COCCN1CC[C@]23CCCC[C@H]2[C@H]1Cc1ccc(Nc2cccnc2)cc13. The van der Waals surface area contributed by atoms with Crippen molar-refractivity contribution >= 4 is 11.4 Å². The Morgan fingerprint density at radius 2 is 2.18 bits per heavy atom. The highest BCUT2D eigenvalue weighted by molar-refractivity contribution is 5.62. The summed E-state index contributed by atoms with van der Waals surface area (Å²) in [6.07, 6.45) is 11.7. The molecule has 1 aromatic heterocycles. The van der Waals surface area contributed by atoms with Crippen LogP contribution in [-0.4, -0.2) is 42.7 Å². The molecule has 1 aliphatic heterocycles. The fraction of sp³-hybridized carbons (Fsp3) is 0.542. The number of ether oxygens (including phenoxy) is 1. The van der Waals surface area contributed by atoms with Gasteiger partial charge in [-0.2, -0.15) is 0 Å². The minimum absolute atomic E-state index is 0.382. The predicted molar refractivity (Wildman–Crippen MR) is 113 cm³/mol. The van der Waals surface area contributed by atoms with Gasteiger partial charge < -0.3 is 10.1 Å². The zero-order valence-corrected chi connectivity index (χ0v) is 16.9. The summed E-state index contributed by atoms with van der Waals surface area (Å²) in [7, 11) is 1.82. The summed E-state index contributed by atoms with van der Waals surface area (Å²) in [5.74, 6) is 0.799. The van der Waals surface area contributed by atoms with Crippen molar-refractivity contribution in [3.63, 3.8) is 0 Å². The Hall–Kier alpha value is -1.91. The van der Waals surface area contributed by atoms with E-state index in [2.05, 4.69) is 39.5 Å². The number of pyridine rings is 1. The van der Waals surface area contributed by atoms with Crippen molar-refractivity contribution in [3.05, 3.63) is 53.9 Å². The molecule has 0 radical (unpaired) electrons. The first kappa shape index (κ1) is 18.1. The minimum atomic E-state index is 0.382. The van der Waals surface area contributed by atoms with E-state index in [9.17, 15) is 0 Å². The molecule has 0 amide bonds. The van der Waals surface area contributed by atoms with Crippen LogP contribution in [0.5, 0.6) is 0 Å². The standard InChI is InChI=1S/C24H31N3O/c1-28-14-13-27-12-10-24-9-3-2-6-21(24)23(27)15-18-7-8-19(16-22(18)24)26-20-5-4-11-25-17-20/h4-5,7-8,11,16-17,21,23,26H,2-3,6,9-10,12-15H2,1H3/t21-,23+,24+/m0/s1. The molecule has 28 heavy (non-hydrogen) atoms. The second-order valence-corrected chi connectivity index (χ2v) is 8.80. The van der Waals surface area contributed by atoms with Gasteiger partial charge >= 0.3 is 0 Å². The van der Waals surface area contributed by atoms with Gasteiger partial charge in [0.1, 0.15) is 0 Å². The summed E-state index contributed by atoms with van der Waals surface area (Å²) in [6, 6.07) is 11.8. The Balaban J connectivity index is 1.50. The van der Waals surface area contributed by atoms with Crippen LogP contribution in [0.4, 0.5) is 11.4 Å². The van der Waals surface area contributed by atoms with Crippen molar-refractivity contribution in [2.24, 2.45) is 5.92 Å². The highest BCUT2D eigenvalue weighted by Crippen LogP contribution is 2.56. The third kappa shape index (κ3) is 3.03. The van der Waals surface area contributed by atoms with Crippen molar-refractivity contribution < 1.29 is 4.74 Å². The maximum Gasteiger partial charge on any atom is 0.0589 e. The Labute approximate surface area is 168 Å².